The van der Waals surface area contributed by atoms with Crippen molar-refractivity contribution in [2.75, 3.05) is 7.11 Å². The molecule has 0 bridgehead atoms. The third kappa shape index (κ3) is 3.36. The van der Waals surface area contributed by atoms with Crippen LogP contribution in [-0.4, -0.2) is 28.2 Å². The van der Waals surface area contributed by atoms with E-state index in [-0.39, 0.29) is 0 Å². The molecule has 2 aromatic carbocycles. The Hall–Kier alpha value is -2.15. The van der Waals surface area contributed by atoms with E-state index >= 15 is 0 Å². The maximum absolute atomic E-state index is 6.17. The summed E-state index contributed by atoms with van der Waals surface area (Å²) in [7, 11) is 1.61. The second-order valence-electron chi connectivity index (χ2n) is 4.78. The molecule has 0 saturated heterocycles. The number of halogens is 2. The molecule has 0 saturated carbocycles. The molecule has 24 heavy (non-hydrogen) atoms. The zero-order valence-corrected chi connectivity index (χ0v) is 14.9. The lowest BCUT2D eigenvalue weighted by Crippen LogP contribution is -1.96. The van der Waals surface area contributed by atoms with Crippen molar-refractivity contribution < 1.29 is 4.74 Å². The third-order valence-electron chi connectivity index (χ3n) is 3.27. The van der Waals surface area contributed by atoms with Crippen LogP contribution in [0.4, 0.5) is 0 Å². The number of rotatable bonds is 4. The molecule has 3 rings (SSSR count). The van der Waals surface area contributed by atoms with Crippen molar-refractivity contribution in [3.8, 4) is 17.1 Å². The third-order valence-corrected chi connectivity index (χ3v) is 4.37. The molecule has 0 aliphatic rings. The van der Waals surface area contributed by atoms with Crippen LogP contribution in [0.1, 0.15) is 5.56 Å². The topological polar surface area (TPSA) is 55.2 Å². The first-order valence-corrected chi connectivity index (χ1v) is 8.07. The highest BCUT2D eigenvalue weighted by Crippen LogP contribution is 2.25. The van der Waals surface area contributed by atoms with Crippen LogP contribution in [-0.2, 0) is 0 Å². The van der Waals surface area contributed by atoms with Crippen LogP contribution >= 0.6 is 35.4 Å². The van der Waals surface area contributed by atoms with E-state index in [1.165, 1.54) is 4.68 Å². The van der Waals surface area contributed by atoms with Gasteiger partial charge in [-0.3, -0.25) is 0 Å². The van der Waals surface area contributed by atoms with Gasteiger partial charge in [0.05, 0.1) is 23.4 Å². The molecule has 0 radical (unpaired) electrons. The van der Waals surface area contributed by atoms with Gasteiger partial charge in [-0.2, -0.15) is 14.9 Å². The predicted octanol–water partition coefficient (Wildman–Crippen LogP) is 4.81. The Morgan fingerprint density at radius 1 is 1.25 bits per heavy atom. The highest BCUT2D eigenvalue weighted by molar-refractivity contribution is 7.71. The van der Waals surface area contributed by atoms with Gasteiger partial charge in [0.1, 0.15) is 5.75 Å². The highest BCUT2D eigenvalue weighted by atomic mass is 35.5. The molecule has 0 fully saturated rings. The zero-order chi connectivity index (χ0) is 17.1. The highest BCUT2D eigenvalue weighted by Gasteiger charge is 2.09. The van der Waals surface area contributed by atoms with Crippen molar-refractivity contribution in [1.29, 1.82) is 0 Å². The fraction of sp³-hybridized carbons (Fsp3) is 0.0625. The Bertz CT molecular complexity index is 965. The van der Waals surface area contributed by atoms with E-state index in [1.807, 2.05) is 30.3 Å². The van der Waals surface area contributed by atoms with Gasteiger partial charge in [-0.1, -0.05) is 47.5 Å². The smallest absolute Gasteiger partial charge is 0.216 e. The van der Waals surface area contributed by atoms with Gasteiger partial charge in [0, 0.05) is 11.1 Å². The van der Waals surface area contributed by atoms with Crippen LogP contribution in [0.2, 0.25) is 10.0 Å². The van der Waals surface area contributed by atoms with Crippen LogP contribution in [0.15, 0.2) is 47.6 Å². The van der Waals surface area contributed by atoms with Crippen LogP contribution in [0, 0.1) is 4.77 Å². The normalized spacial score (nSPS) is 11.1. The van der Waals surface area contributed by atoms with Gasteiger partial charge in [-0.25, -0.2) is 5.10 Å². The van der Waals surface area contributed by atoms with Crippen molar-refractivity contribution in [3.63, 3.8) is 0 Å². The summed E-state index contributed by atoms with van der Waals surface area (Å²) in [5, 5.41) is 12.2. The number of nitrogens with one attached hydrogen (secondary N) is 1. The number of aromatic amines is 1. The standard InChI is InChI=1S/C16H12Cl2N4OS/c1-23-12-6-2-4-10(8-12)15-20-21-16(24)22(15)19-9-11-5-3-7-13(17)14(11)18/h2-9H,1H3,(H,21,24)/b19-9+. The minimum Gasteiger partial charge on any atom is -0.497 e. The summed E-state index contributed by atoms with van der Waals surface area (Å²) in [6.45, 7) is 0. The minimum absolute atomic E-state index is 0.363. The molecule has 3 aromatic rings. The number of benzene rings is 2. The molecule has 0 unspecified atom stereocenters. The molecule has 0 spiro atoms. The van der Waals surface area contributed by atoms with Gasteiger partial charge in [0.15, 0.2) is 5.82 Å². The molecule has 1 N–H and O–H groups in total. The minimum atomic E-state index is 0.363. The molecule has 8 heteroatoms. The molecule has 0 amide bonds. The Morgan fingerprint density at radius 3 is 2.83 bits per heavy atom. The predicted molar refractivity (Wildman–Crippen MR) is 98.9 cm³/mol. The van der Waals surface area contributed by atoms with Crippen LogP contribution < -0.4 is 4.74 Å². The summed E-state index contributed by atoms with van der Waals surface area (Å²) in [5.74, 6) is 1.28. The van der Waals surface area contributed by atoms with Crippen molar-refractivity contribution in [2.45, 2.75) is 0 Å². The lowest BCUT2D eigenvalue weighted by atomic mass is 10.2. The number of ether oxygens (including phenoxy) is 1. The lowest BCUT2D eigenvalue weighted by Gasteiger charge is -2.04. The number of methoxy groups -OCH3 is 1. The van der Waals surface area contributed by atoms with Crippen LogP contribution in [0.25, 0.3) is 11.4 Å². The lowest BCUT2D eigenvalue weighted by molar-refractivity contribution is 0.415. The summed E-state index contributed by atoms with van der Waals surface area (Å²) in [6.07, 6.45) is 1.59. The van der Waals surface area contributed by atoms with E-state index in [0.29, 0.717) is 26.2 Å². The fourth-order valence-electron chi connectivity index (χ4n) is 2.09. The van der Waals surface area contributed by atoms with Gasteiger partial charge in [0.2, 0.25) is 4.77 Å². The van der Waals surface area contributed by atoms with E-state index in [4.69, 9.17) is 40.2 Å². The Labute approximate surface area is 153 Å². The summed E-state index contributed by atoms with van der Waals surface area (Å²) < 4.78 is 7.12. The van der Waals surface area contributed by atoms with E-state index in [1.54, 1.807) is 25.5 Å². The molecule has 0 aliphatic carbocycles. The molecule has 1 aromatic heterocycles. The average molecular weight is 379 g/mol. The summed E-state index contributed by atoms with van der Waals surface area (Å²) in [5.41, 5.74) is 1.50. The molecule has 122 valence electrons. The van der Waals surface area contributed by atoms with Crippen molar-refractivity contribution in [2.24, 2.45) is 5.10 Å². The summed E-state index contributed by atoms with van der Waals surface area (Å²) in [6, 6.07) is 12.8. The maximum Gasteiger partial charge on any atom is 0.216 e. The second-order valence-corrected chi connectivity index (χ2v) is 5.96. The van der Waals surface area contributed by atoms with Crippen LogP contribution in [0.3, 0.4) is 0 Å². The van der Waals surface area contributed by atoms with Gasteiger partial charge in [0.25, 0.3) is 0 Å². The Morgan fingerprint density at radius 2 is 2.04 bits per heavy atom. The number of H-pyrrole nitrogens is 1. The maximum atomic E-state index is 6.17. The second kappa shape index (κ2) is 7.17. The summed E-state index contributed by atoms with van der Waals surface area (Å²) in [4.78, 5) is 0. The quantitative estimate of drug-likeness (QED) is 0.523. The largest absolute Gasteiger partial charge is 0.497 e. The van der Waals surface area contributed by atoms with E-state index < -0.39 is 0 Å². The molecule has 1 heterocycles. The van der Waals surface area contributed by atoms with Gasteiger partial charge in [-0.15, -0.1) is 0 Å². The molecular formula is C16H12Cl2N4OS. The number of nitrogens with zero attached hydrogens (tertiary/aromatic N) is 3. The first-order valence-electron chi connectivity index (χ1n) is 6.90. The Balaban J connectivity index is 2.03. The van der Waals surface area contributed by atoms with Gasteiger partial charge >= 0.3 is 0 Å². The Kier molecular flexibility index (Phi) is 4.99. The number of aromatic nitrogens is 3. The SMILES string of the molecule is COc1cccc(-c2n[nH]c(=S)n2/N=C/c2cccc(Cl)c2Cl)c1. The first kappa shape index (κ1) is 16.7. The van der Waals surface area contributed by atoms with Gasteiger partial charge < -0.3 is 4.74 Å². The van der Waals surface area contributed by atoms with Crippen molar-refractivity contribution >= 4 is 41.6 Å². The van der Waals surface area contributed by atoms with E-state index in [2.05, 4.69) is 15.3 Å². The summed E-state index contributed by atoms with van der Waals surface area (Å²) >= 11 is 17.4. The molecule has 0 aliphatic heterocycles. The number of hydrogen-bond acceptors (Lipinski definition) is 4. The average Bonchev–Trinajstić information content (AvgIpc) is 2.97. The molecule has 5 nitrogen and oxygen atoms in total. The van der Waals surface area contributed by atoms with E-state index in [9.17, 15) is 0 Å². The van der Waals surface area contributed by atoms with Crippen LogP contribution in [0.5, 0.6) is 5.75 Å². The first-order chi connectivity index (χ1) is 11.6. The zero-order valence-electron chi connectivity index (χ0n) is 12.5. The number of hydrogen-bond donors (Lipinski definition) is 1. The van der Waals surface area contributed by atoms with Gasteiger partial charge in [-0.05, 0) is 30.4 Å². The van der Waals surface area contributed by atoms with Crippen molar-refractivity contribution in [1.82, 2.24) is 14.9 Å². The monoisotopic (exact) mass is 378 g/mol. The van der Waals surface area contributed by atoms with Crippen molar-refractivity contribution in [3.05, 3.63) is 62.8 Å². The van der Waals surface area contributed by atoms with E-state index in [0.717, 1.165) is 11.3 Å². The molecule has 0 atom stereocenters. The fourth-order valence-corrected chi connectivity index (χ4v) is 2.62. The molecular weight excluding hydrogens is 367 g/mol.